The molecule has 3 rings (SSSR count). The Balaban J connectivity index is 1.50. The smallest absolute Gasteiger partial charge is 0.344 e. The van der Waals surface area contributed by atoms with Crippen molar-refractivity contribution < 1.29 is 19.1 Å². The van der Waals surface area contributed by atoms with E-state index >= 15 is 0 Å². The summed E-state index contributed by atoms with van der Waals surface area (Å²) in [4.78, 5) is 36.1. The van der Waals surface area contributed by atoms with Crippen LogP contribution >= 0.6 is 15.9 Å². The zero-order valence-corrected chi connectivity index (χ0v) is 18.7. The van der Waals surface area contributed by atoms with Crippen LogP contribution in [0, 0.1) is 11.3 Å². The number of halogens is 1. The second-order valence-electron chi connectivity index (χ2n) is 6.62. The molecule has 3 aromatic carbocycles. The fourth-order valence-corrected chi connectivity index (χ4v) is 3.06. The molecule has 8 nitrogen and oxygen atoms in total. The number of carbonyl (C=O) groups excluding carboxylic acids is 3. The minimum Gasteiger partial charge on any atom is -0.423 e. The van der Waals surface area contributed by atoms with Crippen molar-refractivity contribution in [2.45, 2.75) is 6.42 Å². The molecule has 33 heavy (non-hydrogen) atoms. The number of ether oxygens (including phenoxy) is 1. The molecule has 0 aromatic heterocycles. The molecule has 9 heteroatoms. The second-order valence-corrected chi connectivity index (χ2v) is 7.48. The predicted molar refractivity (Wildman–Crippen MR) is 126 cm³/mol. The number of rotatable bonds is 6. The van der Waals surface area contributed by atoms with E-state index in [4.69, 9.17) is 10.00 Å². The average Bonchev–Trinajstić information content (AvgIpc) is 2.81. The Kier molecular flexibility index (Phi) is 8.05. The summed E-state index contributed by atoms with van der Waals surface area (Å²) in [5.41, 5.74) is 4.39. The van der Waals surface area contributed by atoms with Crippen LogP contribution in [0.3, 0.4) is 0 Å². The van der Waals surface area contributed by atoms with Gasteiger partial charge in [0.05, 0.1) is 24.3 Å². The lowest BCUT2D eigenvalue weighted by Gasteiger charge is -2.06. The number of benzene rings is 3. The first-order valence-corrected chi connectivity index (χ1v) is 10.4. The second kappa shape index (κ2) is 11.4. The van der Waals surface area contributed by atoms with Crippen LogP contribution in [0.5, 0.6) is 5.75 Å². The van der Waals surface area contributed by atoms with Crippen LogP contribution < -0.4 is 15.5 Å². The van der Waals surface area contributed by atoms with Crippen molar-refractivity contribution in [2.24, 2.45) is 5.10 Å². The minimum atomic E-state index is -0.939. The molecule has 0 saturated carbocycles. The number of carbonyl (C=O) groups is 3. The van der Waals surface area contributed by atoms with Gasteiger partial charge in [-0.2, -0.15) is 10.4 Å². The molecule has 2 N–H and O–H groups in total. The van der Waals surface area contributed by atoms with Crippen LogP contribution in [0.2, 0.25) is 0 Å². The lowest BCUT2D eigenvalue weighted by atomic mass is 10.1. The van der Waals surface area contributed by atoms with Gasteiger partial charge in [-0.3, -0.25) is 9.59 Å². The Morgan fingerprint density at radius 1 is 0.970 bits per heavy atom. The van der Waals surface area contributed by atoms with Crippen molar-refractivity contribution in [2.75, 3.05) is 5.32 Å². The number of amides is 2. The molecule has 2 amide bonds. The lowest BCUT2D eigenvalue weighted by molar-refractivity contribution is -0.136. The molecule has 0 fully saturated rings. The van der Waals surface area contributed by atoms with Crippen LogP contribution in [0.25, 0.3) is 0 Å². The van der Waals surface area contributed by atoms with E-state index in [1.165, 1.54) is 6.21 Å². The van der Waals surface area contributed by atoms with E-state index < -0.39 is 17.8 Å². The number of nitrogens with zero attached hydrogens (tertiary/aromatic N) is 2. The molecule has 0 aliphatic rings. The van der Waals surface area contributed by atoms with E-state index in [0.29, 0.717) is 27.0 Å². The maximum Gasteiger partial charge on any atom is 0.344 e. The first kappa shape index (κ1) is 23.4. The fourth-order valence-electron chi connectivity index (χ4n) is 2.61. The summed E-state index contributed by atoms with van der Waals surface area (Å²) in [5, 5.41) is 14.9. The average molecular weight is 505 g/mol. The number of hydrogen-bond donors (Lipinski definition) is 2. The Morgan fingerprint density at radius 2 is 1.67 bits per heavy atom. The first-order valence-electron chi connectivity index (χ1n) is 9.63. The van der Waals surface area contributed by atoms with E-state index in [2.05, 4.69) is 31.8 Å². The van der Waals surface area contributed by atoms with Crippen LogP contribution in [-0.2, 0) is 16.0 Å². The highest BCUT2D eigenvalue weighted by molar-refractivity contribution is 9.10. The molecule has 0 atom stereocenters. The maximum atomic E-state index is 12.2. The number of esters is 1. The van der Waals surface area contributed by atoms with Gasteiger partial charge in [-0.1, -0.05) is 24.3 Å². The molecule has 164 valence electrons. The van der Waals surface area contributed by atoms with Crippen molar-refractivity contribution in [3.8, 4) is 11.8 Å². The molecule has 0 unspecified atom stereocenters. The highest BCUT2D eigenvalue weighted by atomic mass is 79.9. The van der Waals surface area contributed by atoms with Crippen molar-refractivity contribution in [3.05, 3.63) is 94.0 Å². The van der Waals surface area contributed by atoms with E-state index in [1.807, 2.05) is 6.07 Å². The Hall–Kier alpha value is -4.29. The van der Waals surface area contributed by atoms with E-state index in [1.54, 1.807) is 72.8 Å². The standard InChI is InChI=1S/C24H17BrN4O4/c25-21-4-2-1-3-20(21)24(32)33-19-11-7-17(8-12-19)15-27-29-23(31)22(30)28-18-9-5-16(6-10-18)13-14-26/h1-12,15H,13H2,(H,28,30)(H,29,31). The van der Waals surface area contributed by atoms with Crippen molar-refractivity contribution in [3.63, 3.8) is 0 Å². The normalized spacial score (nSPS) is 10.3. The van der Waals surface area contributed by atoms with Crippen LogP contribution in [0.15, 0.2) is 82.4 Å². The fraction of sp³-hybridized carbons (Fsp3) is 0.0417. The number of hydrogen-bond acceptors (Lipinski definition) is 6. The molecular weight excluding hydrogens is 488 g/mol. The Morgan fingerprint density at radius 3 is 2.33 bits per heavy atom. The highest BCUT2D eigenvalue weighted by Crippen LogP contribution is 2.19. The zero-order valence-electron chi connectivity index (χ0n) is 17.1. The third-order valence-electron chi connectivity index (χ3n) is 4.27. The molecule has 0 spiro atoms. The summed E-state index contributed by atoms with van der Waals surface area (Å²) in [5.74, 6) is -1.97. The van der Waals surface area contributed by atoms with Gasteiger partial charge in [-0.15, -0.1) is 0 Å². The molecule has 0 aliphatic heterocycles. The lowest BCUT2D eigenvalue weighted by Crippen LogP contribution is -2.32. The summed E-state index contributed by atoms with van der Waals surface area (Å²) in [6, 6.07) is 22.0. The van der Waals surface area contributed by atoms with Gasteiger partial charge in [0.25, 0.3) is 0 Å². The van der Waals surface area contributed by atoms with Gasteiger partial charge in [0, 0.05) is 10.2 Å². The van der Waals surface area contributed by atoms with Gasteiger partial charge in [0.15, 0.2) is 0 Å². The summed E-state index contributed by atoms with van der Waals surface area (Å²) in [7, 11) is 0. The van der Waals surface area contributed by atoms with E-state index in [0.717, 1.165) is 5.56 Å². The number of nitrogens with one attached hydrogen (secondary N) is 2. The summed E-state index contributed by atoms with van der Waals surface area (Å²) in [6.07, 6.45) is 1.61. The molecule has 0 saturated heterocycles. The van der Waals surface area contributed by atoms with Crippen molar-refractivity contribution >= 4 is 45.6 Å². The SMILES string of the molecule is N#CCc1ccc(NC(=O)C(=O)NN=Cc2ccc(OC(=O)c3ccccc3Br)cc2)cc1. The number of anilines is 1. The summed E-state index contributed by atoms with van der Waals surface area (Å²) < 4.78 is 5.97. The van der Waals surface area contributed by atoms with Gasteiger partial charge in [0.2, 0.25) is 0 Å². The molecule has 0 aliphatic carbocycles. The van der Waals surface area contributed by atoms with Crippen LogP contribution in [0.1, 0.15) is 21.5 Å². The van der Waals surface area contributed by atoms with Gasteiger partial charge in [0.1, 0.15) is 5.75 Å². The topological polar surface area (TPSA) is 121 Å². The van der Waals surface area contributed by atoms with Crippen LogP contribution in [-0.4, -0.2) is 24.0 Å². The summed E-state index contributed by atoms with van der Waals surface area (Å²) >= 11 is 3.31. The Labute approximate surface area is 198 Å². The predicted octanol–water partition coefficient (Wildman–Crippen LogP) is 3.82. The largest absolute Gasteiger partial charge is 0.423 e. The Bertz CT molecular complexity index is 1230. The molecule has 0 radical (unpaired) electrons. The van der Waals surface area contributed by atoms with Gasteiger partial charge in [-0.25, -0.2) is 10.2 Å². The third kappa shape index (κ3) is 6.85. The number of hydrazone groups is 1. The molecule has 0 bridgehead atoms. The maximum absolute atomic E-state index is 12.2. The van der Waals surface area contributed by atoms with E-state index in [-0.39, 0.29) is 6.42 Å². The molecule has 0 heterocycles. The van der Waals surface area contributed by atoms with Gasteiger partial charge in [-0.05, 0) is 75.6 Å². The highest BCUT2D eigenvalue weighted by Gasteiger charge is 2.13. The van der Waals surface area contributed by atoms with Gasteiger partial charge < -0.3 is 10.1 Å². The monoisotopic (exact) mass is 504 g/mol. The molecular formula is C24H17BrN4O4. The van der Waals surface area contributed by atoms with E-state index in [9.17, 15) is 14.4 Å². The van der Waals surface area contributed by atoms with Crippen molar-refractivity contribution in [1.82, 2.24) is 5.43 Å². The summed E-state index contributed by atoms with van der Waals surface area (Å²) in [6.45, 7) is 0. The van der Waals surface area contributed by atoms with Crippen LogP contribution in [0.4, 0.5) is 5.69 Å². The first-order chi connectivity index (χ1) is 16.0. The van der Waals surface area contributed by atoms with Gasteiger partial charge >= 0.3 is 17.8 Å². The molecule has 3 aromatic rings. The quantitative estimate of drug-likeness (QED) is 0.174. The van der Waals surface area contributed by atoms with Crippen molar-refractivity contribution in [1.29, 1.82) is 5.26 Å². The number of nitriles is 1. The minimum absolute atomic E-state index is 0.262. The third-order valence-corrected chi connectivity index (χ3v) is 4.96. The zero-order chi connectivity index (χ0) is 23.6.